The molecule has 1 nitrogen and oxygen atoms in total. The van der Waals surface area contributed by atoms with Gasteiger partial charge in [-0.05, 0) is 30.0 Å². The van der Waals surface area contributed by atoms with Gasteiger partial charge in [-0.15, -0.1) is 0 Å². The molecule has 0 atom stereocenters. The molecule has 0 aliphatic carbocycles. The van der Waals surface area contributed by atoms with Crippen LogP contribution in [0.15, 0.2) is 18.2 Å². The number of phenolic OH excluding ortho intramolecular Hbond substituents is 1. The fourth-order valence-corrected chi connectivity index (χ4v) is 0.986. The van der Waals surface area contributed by atoms with Crippen molar-refractivity contribution in [2.45, 2.75) is 26.7 Å². The van der Waals surface area contributed by atoms with Crippen molar-refractivity contribution in [3.05, 3.63) is 29.3 Å². The molecule has 0 bridgehead atoms. The number of rotatable bonds is 1. The van der Waals surface area contributed by atoms with Crippen LogP contribution in [0.25, 0.3) is 0 Å². The summed E-state index contributed by atoms with van der Waals surface area (Å²) in [4.78, 5) is 0. The van der Waals surface area contributed by atoms with Crippen molar-refractivity contribution in [2.75, 3.05) is 0 Å². The Morgan fingerprint density at radius 2 is 1.92 bits per heavy atom. The number of hydrogen-bond acceptors (Lipinski definition) is 1. The molecule has 0 amide bonds. The molecule has 1 aromatic rings. The van der Waals surface area contributed by atoms with Gasteiger partial charge in [0.25, 0.3) is 0 Å². The van der Waals surface area contributed by atoms with Crippen molar-refractivity contribution in [1.82, 2.24) is 0 Å². The van der Waals surface area contributed by atoms with Gasteiger partial charge >= 0.3 is 51.4 Å². The van der Waals surface area contributed by atoms with Crippen molar-refractivity contribution in [2.24, 2.45) is 0 Å². The predicted molar refractivity (Wildman–Crippen MR) is 48.0 cm³/mol. The molecule has 0 spiro atoms. The molecule has 0 aromatic heterocycles. The summed E-state index contributed by atoms with van der Waals surface area (Å²) >= 11 is 0. The number of phenols is 1. The van der Waals surface area contributed by atoms with Gasteiger partial charge in [-0.25, -0.2) is 0 Å². The second-order valence-corrected chi connectivity index (χ2v) is 3.20. The summed E-state index contributed by atoms with van der Waals surface area (Å²) in [7, 11) is 0. The zero-order chi connectivity index (χ0) is 8.43. The Morgan fingerprint density at radius 3 is 2.33 bits per heavy atom. The van der Waals surface area contributed by atoms with Crippen LogP contribution in [0.4, 0.5) is 0 Å². The fraction of sp³-hybridized carbons (Fsp3) is 0.400. The molecular formula is C10H15KO. The van der Waals surface area contributed by atoms with Crippen LogP contribution >= 0.6 is 0 Å². The summed E-state index contributed by atoms with van der Waals surface area (Å²) < 4.78 is 0. The van der Waals surface area contributed by atoms with Gasteiger partial charge in [0.05, 0.1) is 0 Å². The first-order valence-electron chi connectivity index (χ1n) is 3.91. The smallest absolute Gasteiger partial charge is 1.00 e. The molecule has 0 radical (unpaired) electrons. The van der Waals surface area contributed by atoms with Gasteiger partial charge < -0.3 is 6.53 Å². The number of hydrogen-bond donors (Lipinski definition) is 1. The average Bonchev–Trinajstić information content (AvgIpc) is 1.94. The molecule has 0 aliphatic heterocycles. The van der Waals surface area contributed by atoms with Crippen molar-refractivity contribution >= 4 is 0 Å². The van der Waals surface area contributed by atoms with Gasteiger partial charge in [0, 0.05) is 0 Å². The number of aromatic hydroxyl groups is 1. The van der Waals surface area contributed by atoms with E-state index >= 15 is 0 Å². The van der Waals surface area contributed by atoms with E-state index in [2.05, 4.69) is 19.9 Å². The van der Waals surface area contributed by atoms with Gasteiger partial charge in [0.15, 0.2) is 0 Å². The van der Waals surface area contributed by atoms with Crippen LogP contribution in [0, 0.1) is 6.92 Å². The fourth-order valence-electron chi connectivity index (χ4n) is 0.986. The van der Waals surface area contributed by atoms with Crippen molar-refractivity contribution in [3.63, 3.8) is 0 Å². The van der Waals surface area contributed by atoms with E-state index in [9.17, 15) is 5.11 Å². The minimum absolute atomic E-state index is 0. The molecule has 1 N–H and O–H groups in total. The summed E-state index contributed by atoms with van der Waals surface area (Å²) in [6.07, 6.45) is 0. The number of benzene rings is 1. The van der Waals surface area contributed by atoms with E-state index in [1.165, 1.54) is 5.56 Å². The molecule has 1 rings (SSSR count). The maximum atomic E-state index is 9.35. The van der Waals surface area contributed by atoms with Gasteiger partial charge in [-0.1, -0.05) is 26.0 Å². The SMILES string of the molecule is Cc1ccc(C(C)C)cc1O.[H-].[K+]. The monoisotopic (exact) mass is 190 g/mol. The Balaban J connectivity index is 0. The van der Waals surface area contributed by atoms with E-state index in [0.717, 1.165) is 5.56 Å². The van der Waals surface area contributed by atoms with Crippen LogP contribution in [0.5, 0.6) is 5.75 Å². The first kappa shape index (κ1) is 12.7. The van der Waals surface area contributed by atoms with Gasteiger partial charge in [-0.2, -0.15) is 0 Å². The van der Waals surface area contributed by atoms with E-state index in [-0.39, 0.29) is 52.8 Å². The van der Waals surface area contributed by atoms with Crippen LogP contribution < -0.4 is 51.4 Å². The normalized spacial score (nSPS) is 9.67. The molecule has 12 heavy (non-hydrogen) atoms. The van der Waals surface area contributed by atoms with E-state index in [1.54, 1.807) is 0 Å². The first-order chi connectivity index (χ1) is 5.11. The maximum absolute atomic E-state index is 9.35. The minimum Gasteiger partial charge on any atom is -1.00 e. The molecule has 0 heterocycles. The van der Waals surface area contributed by atoms with Gasteiger partial charge in [0.2, 0.25) is 0 Å². The second kappa shape index (κ2) is 5.40. The topological polar surface area (TPSA) is 20.2 Å². The van der Waals surface area contributed by atoms with Crippen molar-refractivity contribution in [1.29, 1.82) is 0 Å². The average molecular weight is 190 g/mol. The zero-order valence-corrected chi connectivity index (χ0v) is 11.4. The van der Waals surface area contributed by atoms with Crippen LogP contribution in [0.2, 0.25) is 0 Å². The largest absolute Gasteiger partial charge is 1.00 e. The minimum atomic E-state index is 0. The Bertz CT molecular complexity index is 261. The standard InChI is InChI=1S/C10H14O.K.H/c1-7(2)9-5-4-8(3)10(11)6-9;;/h4-7,11H,1-3H3;;/q;+1;-1. The maximum Gasteiger partial charge on any atom is 1.00 e. The molecule has 2 heteroatoms. The Kier molecular flexibility index (Phi) is 5.70. The summed E-state index contributed by atoms with van der Waals surface area (Å²) in [6, 6.07) is 5.84. The van der Waals surface area contributed by atoms with E-state index < -0.39 is 0 Å². The Hall–Kier alpha value is 0.656. The summed E-state index contributed by atoms with van der Waals surface area (Å²) in [6.45, 7) is 6.13. The molecular weight excluding hydrogens is 175 g/mol. The first-order valence-corrected chi connectivity index (χ1v) is 3.91. The Labute approximate surface area is 118 Å². The second-order valence-electron chi connectivity index (χ2n) is 3.20. The molecule has 0 saturated heterocycles. The number of aryl methyl sites for hydroxylation is 1. The Morgan fingerprint density at radius 1 is 1.33 bits per heavy atom. The molecule has 0 fully saturated rings. The molecule has 0 saturated carbocycles. The molecule has 0 aliphatic rings. The quantitative estimate of drug-likeness (QED) is 0.615. The van der Waals surface area contributed by atoms with E-state index in [0.29, 0.717) is 11.7 Å². The third-order valence-corrected chi connectivity index (χ3v) is 1.90. The van der Waals surface area contributed by atoms with Gasteiger partial charge in [-0.3, -0.25) is 0 Å². The summed E-state index contributed by atoms with van der Waals surface area (Å²) in [5, 5.41) is 9.35. The van der Waals surface area contributed by atoms with Crippen LogP contribution in [-0.2, 0) is 0 Å². The summed E-state index contributed by atoms with van der Waals surface area (Å²) in [5.41, 5.74) is 2.13. The van der Waals surface area contributed by atoms with E-state index in [4.69, 9.17) is 0 Å². The third kappa shape index (κ3) is 3.19. The molecule has 62 valence electrons. The van der Waals surface area contributed by atoms with Crippen molar-refractivity contribution < 1.29 is 57.9 Å². The third-order valence-electron chi connectivity index (χ3n) is 1.90. The van der Waals surface area contributed by atoms with E-state index in [1.807, 2.05) is 19.1 Å². The zero-order valence-electron chi connectivity index (χ0n) is 9.26. The van der Waals surface area contributed by atoms with Crippen molar-refractivity contribution in [3.8, 4) is 5.75 Å². The summed E-state index contributed by atoms with van der Waals surface area (Å²) in [5.74, 6) is 0.887. The van der Waals surface area contributed by atoms with Crippen LogP contribution in [0.3, 0.4) is 0 Å². The van der Waals surface area contributed by atoms with Crippen LogP contribution in [-0.4, -0.2) is 5.11 Å². The molecule has 1 aromatic carbocycles. The van der Waals surface area contributed by atoms with Crippen LogP contribution in [0.1, 0.15) is 32.3 Å². The van der Waals surface area contributed by atoms with Gasteiger partial charge in [0.1, 0.15) is 5.75 Å². The molecule has 0 unspecified atom stereocenters. The predicted octanol–water partition coefficient (Wildman–Crippen LogP) is -0.0595.